The summed E-state index contributed by atoms with van der Waals surface area (Å²) in [5.74, 6) is 0.935. The normalized spacial score (nSPS) is 17.3. The first-order valence-corrected chi connectivity index (χ1v) is 11.8. The highest BCUT2D eigenvalue weighted by Crippen LogP contribution is 2.37. The largest absolute Gasteiger partial charge is 0.497 e. The minimum absolute atomic E-state index is 0.259. The van der Waals surface area contributed by atoms with Gasteiger partial charge in [0.2, 0.25) is 10.0 Å². The molecular weight excluding hydrogens is 406 g/mol. The lowest BCUT2D eigenvalue weighted by molar-refractivity contribution is -0.119. The van der Waals surface area contributed by atoms with E-state index in [1.54, 1.807) is 18.2 Å². The van der Waals surface area contributed by atoms with Crippen LogP contribution in [-0.4, -0.2) is 47.1 Å². The molecule has 30 heavy (non-hydrogen) atoms. The van der Waals surface area contributed by atoms with Crippen molar-refractivity contribution in [3.8, 4) is 11.5 Å². The zero-order valence-corrected chi connectivity index (χ0v) is 19.5. The number of hydrazone groups is 1. The Hall–Kier alpha value is -2.29. The summed E-state index contributed by atoms with van der Waals surface area (Å²) in [7, 11) is -0.795. The van der Waals surface area contributed by atoms with Crippen molar-refractivity contribution >= 4 is 27.3 Å². The highest BCUT2D eigenvalue weighted by molar-refractivity contribution is 7.92. The van der Waals surface area contributed by atoms with E-state index in [1.165, 1.54) is 14.2 Å². The number of sulfonamides is 1. The van der Waals surface area contributed by atoms with E-state index in [2.05, 4.69) is 31.3 Å². The van der Waals surface area contributed by atoms with E-state index in [1.807, 2.05) is 0 Å². The number of carbonyl (C=O) groups is 1. The van der Waals surface area contributed by atoms with Gasteiger partial charge in [-0.25, -0.2) is 13.8 Å². The summed E-state index contributed by atoms with van der Waals surface area (Å²) in [5, 5.41) is 4.24. The van der Waals surface area contributed by atoms with Gasteiger partial charge in [0.05, 0.1) is 26.2 Å². The quantitative estimate of drug-likeness (QED) is 0.658. The zero-order valence-electron chi connectivity index (χ0n) is 18.7. The molecular formula is C21H33N3O5S. The number of methoxy groups -OCH3 is 2. The van der Waals surface area contributed by atoms with Crippen LogP contribution in [0.4, 0.5) is 5.69 Å². The third-order valence-corrected chi connectivity index (χ3v) is 6.60. The van der Waals surface area contributed by atoms with Crippen molar-refractivity contribution in [1.29, 1.82) is 0 Å². The van der Waals surface area contributed by atoms with Crippen molar-refractivity contribution in [1.82, 2.24) is 5.43 Å². The Balaban J connectivity index is 2.09. The number of nitrogens with zero attached hydrogens (tertiary/aromatic N) is 2. The zero-order chi connectivity index (χ0) is 22.5. The first kappa shape index (κ1) is 24.0. The van der Waals surface area contributed by atoms with E-state index in [-0.39, 0.29) is 11.1 Å². The van der Waals surface area contributed by atoms with Gasteiger partial charge in [-0.15, -0.1) is 0 Å². The average molecular weight is 440 g/mol. The molecule has 0 spiro atoms. The third-order valence-electron chi connectivity index (χ3n) is 5.47. The summed E-state index contributed by atoms with van der Waals surface area (Å²) in [6.45, 7) is 6.33. The molecule has 0 atom stereocenters. The van der Waals surface area contributed by atoms with Crippen LogP contribution in [0.25, 0.3) is 0 Å². The molecule has 8 nitrogen and oxygen atoms in total. The average Bonchev–Trinajstić information content (AvgIpc) is 2.69. The maximum atomic E-state index is 12.5. The lowest BCUT2D eigenvalue weighted by Gasteiger charge is -2.34. The Morgan fingerprint density at radius 1 is 1.20 bits per heavy atom. The Kier molecular flexibility index (Phi) is 7.74. The summed E-state index contributed by atoms with van der Waals surface area (Å²) in [6.07, 6.45) is 4.80. The molecule has 1 aromatic carbocycles. The van der Waals surface area contributed by atoms with Crippen LogP contribution in [0.1, 0.15) is 46.5 Å². The van der Waals surface area contributed by atoms with Crippen molar-refractivity contribution in [2.24, 2.45) is 16.4 Å². The van der Waals surface area contributed by atoms with Gasteiger partial charge < -0.3 is 9.47 Å². The highest BCUT2D eigenvalue weighted by Gasteiger charge is 2.28. The van der Waals surface area contributed by atoms with Crippen LogP contribution in [-0.2, 0) is 14.8 Å². The van der Waals surface area contributed by atoms with Gasteiger partial charge in [-0.3, -0.25) is 9.10 Å². The van der Waals surface area contributed by atoms with E-state index < -0.39 is 22.5 Å². The molecule has 1 aliphatic carbocycles. The fourth-order valence-electron chi connectivity index (χ4n) is 3.61. The Labute approximate surface area is 179 Å². The molecule has 2 rings (SSSR count). The minimum atomic E-state index is -3.73. The van der Waals surface area contributed by atoms with Gasteiger partial charge in [-0.2, -0.15) is 5.10 Å². The number of amides is 1. The molecule has 1 N–H and O–H groups in total. The van der Waals surface area contributed by atoms with Gasteiger partial charge >= 0.3 is 0 Å². The van der Waals surface area contributed by atoms with Gasteiger partial charge in [0.15, 0.2) is 0 Å². The van der Waals surface area contributed by atoms with Crippen molar-refractivity contribution in [3.05, 3.63) is 18.2 Å². The SMILES string of the molecule is COc1ccc(N(CC(=O)NN=C2CCC(C(C)(C)C)CC2)S(C)(=O)=O)c(OC)c1. The second-order valence-electron chi connectivity index (χ2n) is 8.66. The number of nitrogens with one attached hydrogen (secondary N) is 1. The molecule has 0 heterocycles. The summed E-state index contributed by atoms with van der Waals surface area (Å²) in [4.78, 5) is 12.5. The molecule has 168 valence electrons. The van der Waals surface area contributed by atoms with Gasteiger partial charge in [-0.1, -0.05) is 20.8 Å². The number of rotatable bonds is 7. The molecule has 0 aromatic heterocycles. The monoisotopic (exact) mass is 439 g/mol. The van der Waals surface area contributed by atoms with Crippen LogP contribution in [0.5, 0.6) is 11.5 Å². The molecule has 1 saturated carbocycles. The van der Waals surface area contributed by atoms with E-state index in [0.717, 1.165) is 42.0 Å². The first-order valence-electron chi connectivity index (χ1n) is 9.99. The van der Waals surface area contributed by atoms with E-state index in [0.29, 0.717) is 17.4 Å². The second kappa shape index (κ2) is 9.68. The molecule has 1 aromatic rings. The number of hydrogen-bond donors (Lipinski definition) is 1. The van der Waals surface area contributed by atoms with Gasteiger partial charge in [0.25, 0.3) is 5.91 Å². The van der Waals surface area contributed by atoms with Crippen LogP contribution >= 0.6 is 0 Å². The van der Waals surface area contributed by atoms with E-state index >= 15 is 0 Å². The smallest absolute Gasteiger partial charge is 0.260 e. The fraction of sp³-hybridized carbons (Fsp3) is 0.619. The Morgan fingerprint density at radius 2 is 1.83 bits per heavy atom. The predicted octanol–water partition coefficient (Wildman–Crippen LogP) is 3.18. The van der Waals surface area contributed by atoms with E-state index in [9.17, 15) is 13.2 Å². The van der Waals surface area contributed by atoms with Crippen molar-refractivity contribution in [3.63, 3.8) is 0 Å². The molecule has 1 fully saturated rings. The summed E-state index contributed by atoms with van der Waals surface area (Å²) in [5.41, 5.74) is 3.98. The van der Waals surface area contributed by atoms with Crippen LogP contribution < -0.4 is 19.2 Å². The van der Waals surface area contributed by atoms with Crippen molar-refractivity contribution < 1.29 is 22.7 Å². The lowest BCUT2D eigenvalue weighted by atomic mass is 9.72. The topological polar surface area (TPSA) is 97.3 Å². The maximum Gasteiger partial charge on any atom is 0.260 e. The summed E-state index contributed by atoms with van der Waals surface area (Å²) in [6, 6.07) is 4.73. The maximum absolute atomic E-state index is 12.5. The second-order valence-corrected chi connectivity index (χ2v) is 10.6. The number of carbonyl (C=O) groups excluding carboxylic acids is 1. The standard InChI is InChI=1S/C21H33N3O5S/c1-21(2,3)15-7-9-16(10-8-15)22-23-20(25)14-24(30(6,26)27)18-12-11-17(28-4)13-19(18)29-5/h11-13,15H,7-10,14H2,1-6H3,(H,23,25). The van der Waals surface area contributed by atoms with Crippen LogP contribution in [0, 0.1) is 11.3 Å². The van der Waals surface area contributed by atoms with Gasteiger partial charge in [0.1, 0.15) is 18.0 Å². The number of hydrogen-bond acceptors (Lipinski definition) is 6. The molecule has 1 amide bonds. The van der Waals surface area contributed by atoms with Crippen LogP contribution in [0.3, 0.4) is 0 Å². The molecule has 0 unspecified atom stereocenters. The van der Waals surface area contributed by atoms with Gasteiger partial charge in [-0.05, 0) is 49.1 Å². The third kappa shape index (κ3) is 6.35. The Morgan fingerprint density at radius 3 is 2.33 bits per heavy atom. The number of ether oxygens (including phenoxy) is 2. The van der Waals surface area contributed by atoms with E-state index in [4.69, 9.17) is 9.47 Å². The van der Waals surface area contributed by atoms with Crippen molar-refractivity contribution in [2.45, 2.75) is 46.5 Å². The lowest BCUT2D eigenvalue weighted by Crippen LogP contribution is -2.39. The van der Waals surface area contributed by atoms with Crippen LogP contribution in [0.15, 0.2) is 23.3 Å². The highest BCUT2D eigenvalue weighted by atomic mass is 32.2. The molecule has 0 aliphatic heterocycles. The molecule has 0 saturated heterocycles. The summed E-state index contributed by atoms with van der Waals surface area (Å²) >= 11 is 0. The van der Waals surface area contributed by atoms with Crippen molar-refractivity contribution in [2.75, 3.05) is 31.3 Å². The number of benzene rings is 1. The minimum Gasteiger partial charge on any atom is -0.497 e. The summed E-state index contributed by atoms with van der Waals surface area (Å²) < 4.78 is 36.1. The first-order chi connectivity index (χ1) is 14.0. The predicted molar refractivity (Wildman–Crippen MR) is 119 cm³/mol. The molecule has 1 aliphatic rings. The molecule has 0 bridgehead atoms. The molecule has 9 heteroatoms. The Bertz CT molecular complexity index is 880. The number of anilines is 1. The van der Waals surface area contributed by atoms with Crippen LogP contribution in [0.2, 0.25) is 0 Å². The van der Waals surface area contributed by atoms with Gasteiger partial charge in [0, 0.05) is 11.8 Å². The molecule has 0 radical (unpaired) electrons. The fourth-order valence-corrected chi connectivity index (χ4v) is 4.47.